The van der Waals surface area contributed by atoms with Crippen molar-refractivity contribution in [2.45, 2.75) is 20.3 Å². The third-order valence-corrected chi connectivity index (χ3v) is 1.93. The van der Waals surface area contributed by atoms with Crippen LogP contribution in [0.1, 0.15) is 19.4 Å². The zero-order chi connectivity index (χ0) is 9.68. The van der Waals surface area contributed by atoms with Crippen molar-refractivity contribution in [1.29, 1.82) is 0 Å². The molecule has 0 unspecified atom stereocenters. The smallest absolute Gasteiger partial charge is 0.0960 e. The monoisotopic (exact) mass is 176 g/mol. The molecular weight excluding hydrogens is 160 g/mol. The van der Waals surface area contributed by atoms with Crippen molar-refractivity contribution in [3.63, 3.8) is 0 Å². The summed E-state index contributed by atoms with van der Waals surface area (Å²) >= 11 is 0. The number of nitrogens with two attached hydrogens (primary N) is 1. The fourth-order valence-electron chi connectivity index (χ4n) is 1.11. The predicted molar refractivity (Wildman–Crippen MR) is 57.4 cm³/mol. The average molecular weight is 176 g/mol. The molecule has 70 valence electrons. The van der Waals surface area contributed by atoms with Gasteiger partial charge in [-0.25, -0.2) is 0 Å². The van der Waals surface area contributed by atoms with E-state index in [2.05, 4.69) is 24.4 Å². The first-order chi connectivity index (χ1) is 6.26. The SMILES string of the molecule is C/C=C(\N)Nc1cccc(CC)c1. The molecule has 0 atom stereocenters. The Kier molecular flexibility index (Phi) is 3.38. The van der Waals surface area contributed by atoms with E-state index in [4.69, 9.17) is 5.73 Å². The van der Waals surface area contributed by atoms with Crippen molar-refractivity contribution in [3.05, 3.63) is 41.7 Å². The summed E-state index contributed by atoms with van der Waals surface area (Å²) < 4.78 is 0. The van der Waals surface area contributed by atoms with Gasteiger partial charge < -0.3 is 11.1 Å². The van der Waals surface area contributed by atoms with Crippen LogP contribution >= 0.6 is 0 Å². The molecule has 1 rings (SSSR count). The zero-order valence-corrected chi connectivity index (χ0v) is 8.17. The van der Waals surface area contributed by atoms with Gasteiger partial charge in [0.25, 0.3) is 0 Å². The number of anilines is 1. The highest BCUT2D eigenvalue weighted by Crippen LogP contribution is 2.11. The highest BCUT2D eigenvalue weighted by molar-refractivity contribution is 5.49. The van der Waals surface area contributed by atoms with Crippen molar-refractivity contribution in [2.75, 3.05) is 5.32 Å². The summed E-state index contributed by atoms with van der Waals surface area (Å²) in [6.45, 7) is 4.05. The van der Waals surface area contributed by atoms with E-state index in [0.29, 0.717) is 5.82 Å². The van der Waals surface area contributed by atoms with Crippen LogP contribution in [0, 0.1) is 0 Å². The van der Waals surface area contributed by atoms with Gasteiger partial charge in [-0.1, -0.05) is 19.1 Å². The number of nitrogens with one attached hydrogen (secondary N) is 1. The third kappa shape index (κ3) is 2.82. The van der Waals surface area contributed by atoms with Crippen molar-refractivity contribution in [2.24, 2.45) is 5.73 Å². The highest BCUT2D eigenvalue weighted by Gasteiger charge is 1.93. The second-order valence-corrected chi connectivity index (χ2v) is 2.92. The number of aryl methyl sites for hydroxylation is 1. The number of hydrogen-bond acceptors (Lipinski definition) is 2. The van der Waals surface area contributed by atoms with Crippen LogP contribution in [0.3, 0.4) is 0 Å². The molecule has 3 N–H and O–H groups in total. The van der Waals surface area contributed by atoms with Crippen LogP contribution in [0.4, 0.5) is 5.69 Å². The van der Waals surface area contributed by atoms with Crippen LogP contribution in [0.5, 0.6) is 0 Å². The molecule has 0 aliphatic heterocycles. The molecule has 13 heavy (non-hydrogen) atoms. The number of benzene rings is 1. The van der Waals surface area contributed by atoms with Crippen LogP contribution in [0.2, 0.25) is 0 Å². The Labute approximate surface area is 79.5 Å². The quantitative estimate of drug-likeness (QED) is 0.742. The second kappa shape index (κ2) is 4.55. The van der Waals surface area contributed by atoms with E-state index >= 15 is 0 Å². The molecule has 0 heterocycles. The van der Waals surface area contributed by atoms with Gasteiger partial charge >= 0.3 is 0 Å². The Balaban J connectivity index is 2.77. The summed E-state index contributed by atoms with van der Waals surface area (Å²) in [6.07, 6.45) is 2.89. The summed E-state index contributed by atoms with van der Waals surface area (Å²) in [6, 6.07) is 8.26. The molecule has 1 aromatic carbocycles. The molecule has 0 saturated heterocycles. The van der Waals surface area contributed by atoms with E-state index in [1.165, 1.54) is 5.56 Å². The van der Waals surface area contributed by atoms with Gasteiger partial charge in [0.1, 0.15) is 0 Å². The largest absolute Gasteiger partial charge is 0.386 e. The van der Waals surface area contributed by atoms with Crippen LogP contribution in [-0.2, 0) is 6.42 Å². The number of allylic oxidation sites excluding steroid dienone is 1. The van der Waals surface area contributed by atoms with Crippen LogP contribution in [0.15, 0.2) is 36.2 Å². The van der Waals surface area contributed by atoms with Gasteiger partial charge in [-0.2, -0.15) is 0 Å². The Bertz CT molecular complexity index is 303. The highest BCUT2D eigenvalue weighted by atomic mass is 15.0. The molecule has 0 amide bonds. The zero-order valence-electron chi connectivity index (χ0n) is 8.17. The molecule has 0 aliphatic carbocycles. The minimum atomic E-state index is 0.688. The molecule has 0 aromatic heterocycles. The van der Waals surface area contributed by atoms with Crippen molar-refractivity contribution >= 4 is 5.69 Å². The molecule has 0 fully saturated rings. The number of hydrogen-bond donors (Lipinski definition) is 2. The maximum absolute atomic E-state index is 5.65. The van der Waals surface area contributed by atoms with Gasteiger partial charge in [0.05, 0.1) is 5.82 Å². The van der Waals surface area contributed by atoms with Crippen LogP contribution in [0.25, 0.3) is 0 Å². The van der Waals surface area contributed by atoms with Crippen LogP contribution in [-0.4, -0.2) is 0 Å². The fraction of sp³-hybridized carbons (Fsp3) is 0.273. The van der Waals surface area contributed by atoms with Gasteiger partial charge in [0.15, 0.2) is 0 Å². The first-order valence-electron chi connectivity index (χ1n) is 4.54. The normalized spacial score (nSPS) is 11.4. The fourth-order valence-corrected chi connectivity index (χ4v) is 1.11. The van der Waals surface area contributed by atoms with E-state index in [1.807, 2.05) is 25.1 Å². The Morgan fingerprint density at radius 1 is 1.54 bits per heavy atom. The molecule has 2 heteroatoms. The first-order valence-corrected chi connectivity index (χ1v) is 4.54. The lowest BCUT2D eigenvalue weighted by Crippen LogP contribution is -2.08. The number of rotatable bonds is 3. The van der Waals surface area contributed by atoms with Gasteiger partial charge in [-0.3, -0.25) is 0 Å². The van der Waals surface area contributed by atoms with Gasteiger partial charge in [-0.05, 0) is 37.1 Å². The Morgan fingerprint density at radius 2 is 2.31 bits per heavy atom. The van der Waals surface area contributed by atoms with Crippen molar-refractivity contribution in [3.8, 4) is 0 Å². The van der Waals surface area contributed by atoms with Crippen molar-refractivity contribution < 1.29 is 0 Å². The summed E-state index contributed by atoms with van der Waals surface area (Å²) in [7, 11) is 0. The molecule has 0 aliphatic rings. The van der Waals surface area contributed by atoms with E-state index in [1.54, 1.807) is 0 Å². The van der Waals surface area contributed by atoms with Crippen molar-refractivity contribution in [1.82, 2.24) is 0 Å². The molecule has 0 saturated carbocycles. The maximum Gasteiger partial charge on any atom is 0.0960 e. The average Bonchev–Trinajstić information content (AvgIpc) is 2.18. The third-order valence-electron chi connectivity index (χ3n) is 1.93. The summed E-state index contributed by atoms with van der Waals surface area (Å²) in [5.41, 5.74) is 8.01. The van der Waals surface area contributed by atoms with Gasteiger partial charge in [0, 0.05) is 5.69 Å². The van der Waals surface area contributed by atoms with E-state index in [9.17, 15) is 0 Å². The Morgan fingerprint density at radius 3 is 2.92 bits per heavy atom. The lowest BCUT2D eigenvalue weighted by Gasteiger charge is -2.06. The van der Waals surface area contributed by atoms with E-state index < -0.39 is 0 Å². The first kappa shape index (κ1) is 9.65. The minimum absolute atomic E-state index is 0.688. The lowest BCUT2D eigenvalue weighted by molar-refractivity contribution is 1.14. The molecule has 0 spiro atoms. The predicted octanol–water partition coefficient (Wildman–Crippen LogP) is 2.48. The van der Waals surface area contributed by atoms with E-state index in [-0.39, 0.29) is 0 Å². The van der Waals surface area contributed by atoms with Crippen LogP contribution < -0.4 is 11.1 Å². The van der Waals surface area contributed by atoms with Gasteiger partial charge in [-0.15, -0.1) is 0 Å². The lowest BCUT2D eigenvalue weighted by atomic mass is 10.1. The topological polar surface area (TPSA) is 38.0 Å². The molecule has 1 aromatic rings. The summed E-state index contributed by atoms with van der Waals surface area (Å²) in [4.78, 5) is 0. The van der Waals surface area contributed by atoms with Gasteiger partial charge in [0.2, 0.25) is 0 Å². The molecule has 2 nitrogen and oxygen atoms in total. The van der Waals surface area contributed by atoms with E-state index in [0.717, 1.165) is 12.1 Å². The standard InChI is InChI=1S/C11H16N2/c1-3-9-6-5-7-10(8-9)13-11(12)4-2/h4-8,13H,3,12H2,1-2H3/b11-4+. The minimum Gasteiger partial charge on any atom is -0.386 e. The molecule has 0 bridgehead atoms. The maximum atomic E-state index is 5.65. The second-order valence-electron chi connectivity index (χ2n) is 2.92. The Hall–Kier alpha value is -1.44. The molecular formula is C11H16N2. The summed E-state index contributed by atoms with van der Waals surface area (Å²) in [5.74, 6) is 0.688. The summed E-state index contributed by atoms with van der Waals surface area (Å²) in [5, 5.41) is 3.11. The molecule has 0 radical (unpaired) electrons.